The Morgan fingerprint density at radius 2 is 1.85 bits per heavy atom. The van der Waals surface area contributed by atoms with E-state index in [2.05, 4.69) is 64.4 Å². The van der Waals surface area contributed by atoms with Gasteiger partial charge in [-0.15, -0.1) is 0 Å². The number of pyridine rings is 1. The molecule has 1 aliphatic heterocycles. The summed E-state index contributed by atoms with van der Waals surface area (Å²) in [6, 6.07) is 15.8. The van der Waals surface area contributed by atoms with E-state index < -0.39 is 5.91 Å². The molecular formula is C26H31N5O2. The lowest BCUT2D eigenvalue weighted by molar-refractivity contribution is 0.0706. The smallest absolute Gasteiger partial charge is 0.274 e. The van der Waals surface area contributed by atoms with Crippen molar-refractivity contribution in [3.05, 3.63) is 77.0 Å². The van der Waals surface area contributed by atoms with Gasteiger partial charge in [-0.3, -0.25) is 19.9 Å². The van der Waals surface area contributed by atoms with Gasteiger partial charge < -0.3 is 10.2 Å². The number of hydrogen-bond acceptors (Lipinski definition) is 6. The molecule has 3 N–H and O–H groups in total. The quantitative estimate of drug-likeness (QED) is 0.381. The normalized spacial score (nSPS) is 15.5. The van der Waals surface area contributed by atoms with E-state index in [1.165, 1.54) is 5.56 Å². The van der Waals surface area contributed by atoms with Crippen molar-refractivity contribution in [1.29, 1.82) is 0 Å². The van der Waals surface area contributed by atoms with Crippen molar-refractivity contribution in [2.45, 2.75) is 13.5 Å². The molecule has 0 aliphatic carbocycles. The number of piperazine rings is 1. The zero-order valence-electron chi connectivity index (χ0n) is 19.2. The third kappa shape index (κ3) is 6.16. The molecule has 4 rings (SSSR count). The van der Waals surface area contributed by atoms with Gasteiger partial charge in [0.1, 0.15) is 0 Å². The number of hydrogen-bond donors (Lipinski definition) is 3. The van der Waals surface area contributed by atoms with Crippen molar-refractivity contribution >= 4 is 28.6 Å². The summed E-state index contributed by atoms with van der Waals surface area (Å²) in [6.07, 6.45) is 3.94. The van der Waals surface area contributed by atoms with E-state index in [-0.39, 0.29) is 0 Å². The number of fused-ring (bicyclic) bond motifs is 1. The summed E-state index contributed by atoms with van der Waals surface area (Å²) in [6.45, 7) is 8.18. The van der Waals surface area contributed by atoms with E-state index in [1.807, 2.05) is 18.3 Å². The molecule has 7 nitrogen and oxygen atoms in total. The van der Waals surface area contributed by atoms with E-state index in [4.69, 9.17) is 5.21 Å². The lowest BCUT2D eigenvalue weighted by Crippen LogP contribution is -2.43. The van der Waals surface area contributed by atoms with Gasteiger partial charge in [-0.2, -0.15) is 0 Å². The van der Waals surface area contributed by atoms with E-state index >= 15 is 0 Å². The molecule has 0 spiro atoms. The summed E-state index contributed by atoms with van der Waals surface area (Å²) in [5, 5.41) is 13.3. The first kappa shape index (κ1) is 22.9. The molecule has 33 heavy (non-hydrogen) atoms. The number of nitrogens with one attached hydrogen (secondary N) is 2. The summed E-state index contributed by atoms with van der Waals surface area (Å²) in [7, 11) is 2.18. The zero-order chi connectivity index (χ0) is 23.2. The Bertz CT molecular complexity index is 1140. The molecule has 0 unspecified atom stereocenters. The molecule has 7 heteroatoms. The van der Waals surface area contributed by atoms with Gasteiger partial charge in [-0.1, -0.05) is 29.8 Å². The van der Waals surface area contributed by atoms with Gasteiger partial charge in [-0.25, -0.2) is 5.48 Å². The lowest BCUT2D eigenvalue weighted by Gasteiger charge is -2.32. The van der Waals surface area contributed by atoms with Gasteiger partial charge in [0.2, 0.25) is 0 Å². The van der Waals surface area contributed by atoms with Crippen molar-refractivity contribution in [2.24, 2.45) is 0 Å². The fraction of sp³-hybridized carbons (Fsp3) is 0.308. The van der Waals surface area contributed by atoms with Crippen LogP contribution >= 0.6 is 0 Å². The second-order valence-corrected chi connectivity index (χ2v) is 8.74. The number of amides is 1. The minimum atomic E-state index is -0.514. The van der Waals surface area contributed by atoms with Gasteiger partial charge in [0, 0.05) is 50.2 Å². The van der Waals surface area contributed by atoms with Crippen LogP contribution in [0.4, 0.5) is 5.69 Å². The molecule has 172 valence electrons. The van der Waals surface area contributed by atoms with Gasteiger partial charge in [0.15, 0.2) is 0 Å². The van der Waals surface area contributed by atoms with Crippen molar-refractivity contribution in [1.82, 2.24) is 20.3 Å². The molecule has 0 saturated carbocycles. The van der Waals surface area contributed by atoms with E-state index in [1.54, 1.807) is 17.6 Å². The first-order valence-electron chi connectivity index (χ1n) is 11.3. The Hall–Kier alpha value is -3.26. The zero-order valence-corrected chi connectivity index (χ0v) is 19.2. The molecule has 1 amide bonds. The lowest BCUT2D eigenvalue weighted by atomic mass is 10.1. The predicted octanol–water partition coefficient (Wildman–Crippen LogP) is 3.62. The molecule has 2 aromatic carbocycles. The second-order valence-electron chi connectivity index (χ2n) is 8.74. The summed E-state index contributed by atoms with van der Waals surface area (Å²) in [4.78, 5) is 20.9. The van der Waals surface area contributed by atoms with Crippen LogP contribution in [0.3, 0.4) is 0 Å². The van der Waals surface area contributed by atoms with Crippen LogP contribution in [0.5, 0.6) is 0 Å². The molecule has 1 saturated heterocycles. The maximum Gasteiger partial charge on any atom is 0.274 e. The number of likely N-dealkylation sites (N-methyl/N-ethyl adjacent to an activating group) is 1. The predicted molar refractivity (Wildman–Crippen MR) is 132 cm³/mol. The number of carbonyl (C=O) groups excluding carboxylic acids is 1. The maximum atomic E-state index is 11.4. The average molecular weight is 446 g/mol. The van der Waals surface area contributed by atoms with Gasteiger partial charge >= 0.3 is 0 Å². The maximum absolute atomic E-state index is 11.4. The standard InChI is InChI=1S/C26H31N5O2/c1-19(13-20-3-6-22(7-4-20)26(32)29-33)16-27-24-15-23-14-21(5-8-25(23)28-17-24)18-31-11-9-30(2)10-12-31/h3-8,13-15,17,27,33H,9-12,16,18H2,1-2H3,(H,29,32)/b19-13+. The topological polar surface area (TPSA) is 80.7 Å². The summed E-state index contributed by atoms with van der Waals surface area (Å²) in [5.41, 5.74) is 7.52. The Labute approximate surface area is 194 Å². The largest absolute Gasteiger partial charge is 0.380 e. The molecular weight excluding hydrogens is 414 g/mol. The molecule has 2 heterocycles. The fourth-order valence-corrected chi connectivity index (χ4v) is 4.01. The summed E-state index contributed by atoms with van der Waals surface area (Å²) < 4.78 is 0. The number of nitrogens with zero attached hydrogens (tertiary/aromatic N) is 3. The van der Waals surface area contributed by atoms with Crippen molar-refractivity contribution < 1.29 is 10.0 Å². The Kier molecular flexibility index (Phi) is 7.34. The molecule has 1 fully saturated rings. The monoisotopic (exact) mass is 445 g/mol. The SMILES string of the molecule is C/C(=C\c1ccc(C(=O)NO)cc1)CNc1cnc2ccc(CN3CCN(C)CC3)cc2c1. The van der Waals surface area contributed by atoms with E-state index in [9.17, 15) is 4.79 Å². The van der Waals surface area contributed by atoms with Crippen LogP contribution in [0, 0.1) is 0 Å². The first-order valence-corrected chi connectivity index (χ1v) is 11.3. The van der Waals surface area contributed by atoms with Gasteiger partial charge in [0.25, 0.3) is 5.91 Å². The third-order valence-corrected chi connectivity index (χ3v) is 6.01. The summed E-state index contributed by atoms with van der Waals surface area (Å²) >= 11 is 0. The van der Waals surface area contributed by atoms with Gasteiger partial charge in [0.05, 0.1) is 17.4 Å². The highest BCUT2D eigenvalue weighted by Gasteiger charge is 2.14. The average Bonchev–Trinajstić information content (AvgIpc) is 2.84. The summed E-state index contributed by atoms with van der Waals surface area (Å²) in [5.74, 6) is -0.514. The van der Waals surface area contributed by atoms with Crippen LogP contribution < -0.4 is 10.8 Å². The minimum absolute atomic E-state index is 0.416. The van der Waals surface area contributed by atoms with Gasteiger partial charge in [-0.05, 0) is 55.4 Å². The van der Waals surface area contributed by atoms with Crippen LogP contribution in [-0.4, -0.2) is 65.7 Å². The van der Waals surface area contributed by atoms with E-state index in [0.717, 1.165) is 60.5 Å². The van der Waals surface area contributed by atoms with Crippen LogP contribution in [0.15, 0.2) is 60.3 Å². The number of benzene rings is 2. The second kappa shape index (κ2) is 10.6. The van der Waals surface area contributed by atoms with Crippen molar-refractivity contribution in [3.63, 3.8) is 0 Å². The third-order valence-electron chi connectivity index (χ3n) is 6.01. The Morgan fingerprint density at radius 1 is 1.09 bits per heavy atom. The van der Waals surface area contributed by atoms with Crippen LogP contribution in [-0.2, 0) is 6.54 Å². The number of carbonyl (C=O) groups is 1. The molecule has 0 atom stereocenters. The number of aromatic nitrogens is 1. The molecule has 0 radical (unpaired) electrons. The molecule has 1 aliphatic rings. The highest BCUT2D eigenvalue weighted by Crippen LogP contribution is 2.20. The van der Waals surface area contributed by atoms with Crippen LogP contribution in [0.25, 0.3) is 17.0 Å². The van der Waals surface area contributed by atoms with Crippen LogP contribution in [0.2, 0.25) is 0 Å². The molecule has 3 aromatic rings. The first-order chi connectivity index (χ1) is 16.0. The highest BCUT2D eigenvalue weighted by molar-refractivity contribution is 5.93. The Balaban J connectivity index is 1.38. The molecule has 1 aromatic heterocycles. The number of anilines is 1. The van der Waals surface area contributed by atoms with E-state index in [0.29, 0.717) is 12.1 Å². The fourth-order valence-electron chi connectivity index (χ4n) is 4.01. The van der Waals surface area contributed by atoms with Crippen molar-refractivity contribution in [2.75, 3.05) is 45.1 Å². The Morgan fingerprint density at radius 3 is 2.58 bits per heavy atom. The van der Waals surface area contributed by atoms with Crippen molar-refractivity contribution in [3.8, 4) is 0 Å². The van der Waals surface area contributed by atoms with Crippen LogP contribution in [0.1, 0.15) is 28.4 Å². The molecule has 0 bridgehead atoms. The number of rotatable bonds is 7. The highest BCUT2D eigenvalue weighted by atomic mass is 16.5. The number of hydroxylamine groups is 1. The minimum Gasteiger partial charge on any atom is -0.380 e.